The highest BCUT2D eigenvalue weighted by Crippen LogP contribution is 2.43. The minimum atomic E-state index is -1.73. The molecule has 3 aromatic rings. The first-order valence-corrected chi connectivity index (χ1v) is 12.1. The number of rotatable bonds is 1. The zero-order chi connectivity index (χ0) is 16.3. The standard InChI is InChI=1S/C18H21Br2NSi/c1-18(2,3)22(4,5)21-16-10-12(19)6-8-14(16)15-9-7-13(20)11-17(15)21/h6-11H,1-5H3. The van der Waals surface area contributed by atoms with Crippen LogP contribution in [0.2, 0.25) is 18.1 Å². The van der Waals surface area contributed by atoms with Crippen LogP contribution in [0.5, 0.6) is 0 Å². The summed E-state index contributed by atoms with van der Waals surface area (Å²) in [6, 6.07) is 13.3. The van der Waals surface area contributed by atoms with Crippen molar-refractivity contribution >= 4 is 61.9 Å². The molecule has 1 nitrogen and oxygen atoms in total. The van der Waals surface area contributed by atoms with Gasteiger partial charge in [-0.25, -0.2) is 0 Å². The van der Waals surface area contributed by atoms with Gasteiger partial charge in [0.25, 0.3) is 0 Å². The van der Waals surface area contributed by atoms with E-state index in [4.69, 9.17) is 0 Å². The van der Waals surface area contributed by atoms with Gasteiger partial charge in [0, 0.05) is 30.8 Å². The van der Waals surface area contributed by atoms with Gasteiger partial charge in [-0.2, -0.15) is 0 Å². The van der Waals surface area contributed by atoms with Crippen molar-refractivity contribution in [3.8, 4) is 0 Å². The molecule has 2 aromatic carbocycles. The van der Waals surface area contributed by atoms with Crippen molar-refractivity contribution in [1.82, 2.24) is 4.23 Å². The molecular formula is C18H21Br2NSi. The van der Waals surface area contributed by atoms with E-state index in [0.29, 0.717) is 0 Å². The maximum absolute atomic E-state index is 3.65. The van der Waals surface area contributed by atoms with E-state index in [9.17, 15) is 0 Å². The number of benzene rings is 2. The van der Waals surface area contributed by atoms with Gasteiger partial charge in [0.1, 0.15) is 0 Å². The second-order valence-electron chi connectivity index (χ2n) is 7.47. The molecule has 0 atom stereocenters. The summed E-state index contributed by atoms with van der Waals surface area (Å²) in [6.45, 7) is 12.0. The highest BCUT2D eigenvalue weighted by Gasteiger charge is 2.39. The van der Waals surface area contributed by atoms with Gasteiger partial charge >= 0.3 is 0 Å². The maximum Gasteiger partial charge on any atom is 0.161 e. The summed E-state index contributed by atoms with van der Waals surface area (Å²) in [4.78, 5) is 0. The molecule has 3 rings (SSSR count). The molecule has 22 heavy (non-hydrogen) atoms. The lowest BCUT2D eigenvalue weighted by molar-refractivity contribution is 0.705. The van der Waals surface area contributed by atoms with Crippen LogP contribution >= 0.6 is 31.9 Å². The molecule has 0 bridgehead atoms. The van der Waals surface area contributed by atoms with Crippen molar-refractivity contribution in [3.05, 3.63) is 45.3 Å². The number of fused-ring (bicyclic) bond motifs is 3. The third kappa shape index (κ3) is 2.40. The van der Waals surface area contributed by atoms with Crippen molar-refractivity contribution < 1.29 is 0 Å². The summed E-state index contributed by atoms with van der Waals surface area (Å²) in [5.41, 5.74) is 2.68. The number of hydrogen-bond donors (Lipinski definition) is 0. The Hall–Kier alpha value is -0.583. The molecule has 1 aromatic heterocycles. The highest BCUT2D eigenvalue weighted by molar-refractivity contribution is 9.10. The molecular weight excluding hydrogens is 418 g/mol. The van der Waals surface area contributed by atoms with E-state index >= 15 is 0 Å². The van der Waals surface area contributed by atoms with E-state index in [2.05, 4.69) is 106 Å². The first kappa shape index (κ1) is 16.3. The molecule has 4 heteroatoms. The Morgan fingerprint density at radius 2 is 1.23 bits per heavy atom. The zero-order valence-corrected chi connectivity index (χ0v) is 17.8. The van der Waals surface area contributed by atoms with Gasteiger partial charge in [-0.3, -0.25) is 0 Å². The Bertz CT molecular complexity index is 813. The van der Waals surface area contributed by atoms with Crippen LogP contribution in [0, 0.1) is 0 Å². The zero-order valence-electron chi connectivity index (χ0n) is 13.7. The minimum absolute atomic E-state index is 0.274. The van der Waals surface area contributed by atoms with Crippen LogP contribution in [0.1, 0.15) is 20.8 Å². The van der Waals surface area contributed by atoms with Crippen molar-refractivity contribution in [2.24, 2.45) is 0 Å². The predicted molar refractivity (Wildman–Crippen MR) is 107 cm³/mol. The van der Waals surface area contributed by atoms with E-state index in [0.717, 1.165) is 8.95 Å². The van der Waals surface area contributed by atoms with Crippen LogP contribution in [0.25, 0.3) is 21.8 Å². The molecule has 0 aliphatic heterocycles. The van der Waals surface area contributed by atoms with Gasteiger partial charge < -0.3 is 4.23 Å². The largest absolute Gasteiger partial charge is 0.368 e. The lowest BCUT2D eigenvalue weighted by Crippen LogP contribution is -2.45. The second kappa shape index (κ2) is 5.22. The molecule has 0 saturated heterocycles. The van der Waals surface area contributed by atoms with Crippen molar-refractivity contribution in [3.63, 3.8) is 0 Å². The van der Waals surface area contributed by atoms with Crippen molar-refractivity contribution in [2.75, 3.05) is 0 Å². The van der Waals surface area contributed by atoms with Crippen LogP contribution in [0.4, 0.5) is 0 Å². The maximum atomic E-state index is 3.65. The summed E-state index contributed by atoms with van der Waals surface area (Å²) >= 11 is 7.30. The van der Waals surface area contributed by atoms with Crippen LogP contribution in [-0.4, -0.2) is 12.5 Å². The quantitative estimate of drug-likeness (QED) is 0.354. The summed E-state index contributed by atoms with van der Waals surface area (Å²) in [5, 5.41) is 2.96. The van der Waals surface area contributed by atoms with E-state index in [1.165, 1.54) is 21.8 Å². The number of halogens is 2. The van der Waals surface area contributed by atoms with Gasteiger partial charge in [0.15, 0.2) is 8.24 Å². The molecule has 0 fully saturated rings. The predicted octanol–water partition coefficient (Wildman–Crippen LogP) is 7.17. The fourth-order valence-corrected chi connectivity index (χ4v) is 5.85. The summed E-state index contributed by atoms with van der Waals surface area (Å²) in [5.74, 6) is 0. The molecule has 116 valence electrons. The number of nitrogens with zero attached hydrogens (tertiary/aromatic N) is 1. The second-order valence-corrected chi connectivity index (χ2v) is 14.4. The summed E-state index contributed by atoms with van der Waals surface area (Å²) in [6.07, 6.45) is 0. The van der Waals surface area contributed by atoms with E-state index in [1.807, 2.05) is 0 Å². The van der Waals surface area contributed by atoms with Crippen molar-refractivity contribution in [2.45, 2.75) is 38.9 Å². The van der Waals surface area contributed by atoms with Gasteiger partial charge in [0.2, 0.25) is 0 Å². The molecule has 0 unspecified atom stereocenters. The molecule has 0 aliphatic rings. The number of aromatic nitrogens is 1. The molecule has 0 N–H and O–H groups in total. The fraction of sp³-hybridized carbons (Fsp3) is 0.333. The number of hydrogen-bond acceptors (Lipinski definition) is 0. The normalized spacial score (nSPS) is 13.2. The van der Waals surface area contributed by atoms with Crippen LogP contribution < -0.4 is 0 Å². The third-order valence-corrected chi connectivity index (χ3v) is 11.3. The van der Waals surface area contributed by atoms with Crippen LogP contribution in [-0.2, 0) is 0 Å². The van der Waals surface area contributed by atoms with Crippen LogP contribution in [0.3, 0.4) is 0 Å². The lowest BCUT2D eigenvalue weighted by atomic mass is 10.2. The lowest BCUT2D eigenvalue weighted by Gasteiger charge is -2.39. The van der Waals surface area contributed by atoms with Crippen LogP contribution in [0.15, 0.2) is 45.3 Å². The van der Waals surface area contributed by atoms with Gasteiger partial charge in [-0.15, -0.1) is 0 Å². The Kier molecular flexibility index (Phi) is 3.86. The molecule has 0 aliphatic carbocycles. The van der Waals surface area contributed by atoms with E-state index < -0.39 is 8.24 Å². The molecule has 0 radical (unpaired) electrons. The Balaban J connectivity index is 2.54. The molecule has 0 saturated carbocycles. The average molecular weight is 439 g/mol. The molecule has 0 spiro atoms. The Labute approximate surface area is 150 Å². The highest BCUT2D eigenvalue weighted by atomic mass is 79.9. The molecule has 1 heterocycles. The first-order valence-electron chi connectivity index (χ1n) is 7.52. The van der Waals surface area contributed by atoms with Crippen molar-refractivity contribution in [1.29, 1.82) is 0 Å². The smallest absolute Gasteiger partial charge is 0.161 e. The average Bonchev–Trinajstić information content (AvgIpc) is 2.69. The van der Waals surface area contributed by atoms with Gasteiger partial charge in [-0.1, -0.05) is 77.9 Å². The minimum Gasteiger partial charge on any atom is -0.368 e. The van der Waals surface area contributed by atoms with E-state index in [-0.39, 0.29) is 5.04 Å². The molecule has 0 amide bonds. The topological polar surface area (TPSA) is 4.93 Å². The Morgan fingerprint density at radius 3 is 1.59 bits per heavy atom. The monoisotopic (exact) mass is 437 g/mol. The first-order chi connectivity index (χ1) is 10.1. The summed E-state index contributed by atoms with van der Waals surface area (Å²) < 4.78 is 4.91. The van der Waals surface area contributed by atoms with Gasteiger partial charge in [-0.05, 0) is 29.3 Å². The third-order valence-electron chi connectivity index (χ3n) is 5.09. The Morgan fingerprint density at radius 1 is 0.818 bits per heavy atom. The van der Waals surface area contributed by atoms with Gasteiger partial charge in [0.05, 0.1) is 0 Å². The van der Waals surface area contributed by atoms with E-state index in [1.54, 1.807) is 0 Å². The SMILES string of the molecule is CC(C)(C)[Si](C)(C)n1c2cc(Br)ccc2c2ccc(Br)cc21. The fourth-order valence-electron chi connectivity index (χ4n) is 2.90. The summed E-state index contributed by atoms with van der Waals surface area (Å²) in [7, 11) is -1.73.